The van der Waals surface area contributed by atoms with Crippen LogP contribution in [0.4, 0.5) is 5.95 Å². The number of anilines is 1. The van der Waals surface area contributed by atoms with Crippen LogP contribution in [-0.4, -0.2) is 36.2 Å². The first-order chi connectivity index (χ1) is 12.3. The first-order valence-electron chi connectivity index (χ1n) is 9.27. The van der Waals surface area contributed by atoms with Gasteiger partial charge in [0.25, 0.3) is 0 Å². The summed E-state index contributed by atoms with van der Waals surface area (Å²) < 4.78 is 5.63. The number of fused-ring (bicyclic) bond motifs is 1. The summed E-state index contributed by atoms with van der Waals surface area (Å²) in [5, 5.41) is 3.73. The van der Waals surface area contributed by atoms with Crippen LogP contribution in [0, 0.1) is 0 Å². The van der Waals surface area contributed by atoms with Gasteiger partial charge in [-0.05, 0) is 55.4 Å². The highest BCUT2D eigenvalue weighted by Gasteiger charge is 2.22. The van der Waals surface area contributed by atoms with Crippen LogP contribution in [0.25, 0.3) is 0 Å². The fourth-order valence-corrected chi connectivity index (χ4v) is 4.01. The molecule has 2 aliphatic rings. The number of aryl methyl sites for hydroxylation is 2. The maximum atomic E-state index is 5.63. The van der Waals surface area contributed by atoms with Gasteiger partial charge in [0, 0.05) is 43.6 Å². The van der Waals surface area contributed by atoms with Crippen molar-refractivity contribution >= 4 is 5.95 Å². The van der Waals surface area contributed by atoms with E-state index in [4.69, 9.17) is 4.74 Å². The van der Waals surface area contributed by atoms with Crippen molar-refractivity contribution in [2.45, 2.75) is 44.7 Å². The van der Waals surface area contributed by atoms with Crippen LogP contribution in [0.2, 0.25) is 0 Å². The Bertz CT molecular complexity index is 719. The highest BCUT2D eigenvalue weighted by Crippen LogP contribution is 2.30. The van der Waals surface area contributed by atoms with Crippen molar-refractivity contribution in [3.63, 3.8) is 0 Å². The largest absolute Gasteiger partial charge is 0.496 e. The predicted octanol–water partition coefficient (Wildman–Crippen LogP) is 2.73. The van der Waals surface area contributed by atoms with Crippen LogP contribution in [0.1, 0.15) is 36.0 Å². The van der Waals surface area contributed by atoms with Gasteiger partial charge in [0.05, 0.1) is 7.11 Å². The van der Waals surface area contributed by atoms with Gasteiger partial charge in [-0.2, -0.15) is 0 Å². The standard InChI is InChI=1S/C20H26N4O/c1-25-19-12-16-6-2-5-15(16)11-17(19)13-23-18-7-3-10-24(14-18)20-21-8-4-9-22-20/h4,8-9,11-12,18,23H,2-3,5-7,10,13-14H2,1H3. The molecule has 1 fully saturated rings. The van der Waals surface area contributed by atoms with E-state index in [-0.39, 0.29) is 0 Å². The van der Waals surface area contributed by atoms with Crippen LogP contribution in [-0.2, 0) is 19.4 Å². The Labute approximate surface area is 149 Å². The van der Waals surface area contributed by atoms with Gasteiger partial charge >= 0.3 is 0 Å². The fraction of sp³-hybridized carbons (Fsp3) is 0.500. The van der Waals surface area contributed by atoms with Crippen molar-refractivity contribution in [1.29, 1.82) is 0 Å². The van der Waals surface area contributed by atoms with Gasteiger partial charge in [-0.15, -0.1) is 0 Å². The SMILES string of the molecule is COc1cc2c(cc1CNC1CCCN(c3ncccn3)C1)CCC2. The smallest absolute Gasteiger partial charge is 0.225 e. The van der Waals surface area contributed by atoms with E-state index in [0.717, 1.165) is 37.8 Å². The van der Waals surface area contributed by atoms with E-state index in [2.05, 4.69) is 32.3 Å². The van der Waals surface area contributed by atoms with E-state index >= 15 is 0 Å². The summed E-state index contributed by atoms with van der Waals surface area (Å²) in [7, 11) is 1.77. The van der Waals surface area contributed by atoms with E-state index in [1.165, 1.54) is 42.4 Å². The van der Waals surface area contributed by atoms with Crippen LogP contribution in [0.15, 0.2) is 30.6 Å². The summed E-state index contributed by atoms with van der Waals surface area (Å²) in [6.07, 6.45) is 9.64. The maximum absolute atomic E-state index is 5.63. The van der Waals surface area contributed by atoms with E-state index in [1.807, 2.05) is 18.5 Å². The molecule has 25 heavy (non-hydrogen) atoms. The first-order valence-corrected chi connectivity index (χ1v) is 9.27. The molecule has 132 valence electrons. The fourth-order valence-electron chi connectivity index (χ4n) is 4.01. The maximum Gasteiger partial charge on any atom is 0.225 e. The highest BCUT2D eigenvalue weighted by molar-refractivity contribution is 5.44. The summed E-state index contributed by atoms with van der Waals surface area (Å²) in [5.41, 5.74) is 4.24. The molecule has 1 atom stereocenters. The Balaban J connectivity index is 1.41. The van der Waals surface area contributed by atoms with Crippen molar-refractivity contribution in [2.75, 3.05) is 25.1 Å². The zero-order valence-electron chi connectivity index (χ0n) is 14.9. The number of nitrogens with one attached hydrogen (secondary N) is 1. The average Bonchev–Trinajstić information content (AvgIpc) is 3.14. The molecule has 4 rings (SSSR count). The second-order valence-corrected chi connectivity index (χ2v) is 7.00. The predicted molar refractivity (Wildman–Crippen MR) is 99.1 cm³/mol. The number of piperidine rings is 1. The Morgan fingerprint density at radius 3 is 2.76 bits per heavy atom. The molecule has 1 aliphatic heterocycles. The Morgan fingerprint density at radius 2 is 1.96 bits per heavy atom. The molecule has 0 amide bonds. The number of hydrogen-bond donors (Lipinski definition) is 1. The van der Waals surface area contributed by atoms with Crippen molar-refractivity contribution in [3.8, 4) is 5.75 Å². The zero-order chi connectivity index (χ0) is 17.1. The average molecular weight is 338 g/mol. The summed E-state index contributed by atoms with van der Waals surface area (Å²) >= 11 is 0. The lowest BCUT2D eigenvalue weighted by molar-refractivity contribution is 0.393. The molecule has 1 unspecified atom stereocenters. The Hall–Kier alpha value is -2.14. The van der Waals surface area contributed by atoms with Crippen LogP contribution in [0.3, 0.4) is 0 Å². The number of ether oxygens (including phenoxy) is 1. The Morgan fingerprint density at radius 1 is 1.16 bits per heavy atom. The lowest BCUT2D eigenvalue weighted by Gasteiger charge is -2.33. The molecule has 2 aromatic rings. The van der Waals surface area contributed by atoms with Gasteiger partial charge in [-0.25, -0.2) is 9.97 Å². The van der Waals surface area contributed by atoms with Crippen molar-refractivity contribution < 1.29 is 4.74 Å². The molecule has 5 heteroatoms. The van der Waals surface area contributed by atoms with E-state index in [9.17, 15) is 0 Å². The van der Waals surface area contributed by atoms with Crippen LogP contribution >= 0.6 is 0 Å². The highest BCUT2D eigenvalue weighted by atomic mass is 16.5. The Kier molecular flexibility index (Phi) is 4.83. The van der Waals surface area contributed by atoms with Crippen molar-refractivity contribution in [2.24, 2.45) is 0 Å². The molecule has 1 aromatic heterocycles. The molecule has 2 heterocycles. The minimum Gasteiger partial charge on any atom is -0.496 e. The number of nitrogens with zero attached hydrogens (tertiary/aromatic N) is 3. The second kappa shape index (κ2) is 7.40. The molecule has 5 nitrogen and oxygen atoms in total. The number of hydrogen-bond acceptors (Lipinski definition) is 5. The van der Waals surface area contributed by atoms with E-state index < -0.39 is 0 Å². The number of rotatable bonds is 5. The number of benzene rings is 1. The number of methoxy groups -OCH3 is 1. The van der Waals surface area contributed by atoms with Gasteiger partial charge in [0.2, 0.25) is 5.95 Å². The third kappa shape index (κ3) is 3.61. The van der Waals surface area contributed by atoms with Gasteiger partial charge in [0.1, 0.15) is 5.75 Å². The second-order valence-electron chi connectivity index (χ2n) is 7.00. The minimum absolute atomic E-state index is 0.454. The molecule has 0 saturated carbocycles. The molecule has 1 N–H and O–H groups in total. The van der Waals surface area contributed by atoms with Gasteiger partial charge in [-0.3, -0.25) is 0 Å². The summed E-state index contributed by atoms with van der Waals surface area (Å²) in [4.78, 5) is 11.1. The van der Waals surface area contributed by atoms with Gasteiger partial charge in [0.15, 0.2) is 0 Å². The van der Waals surface area contributed by atoms with Gasteiger partial charge < -0.3 is 15.0 Å². The van der Waals surface area contributed by atoms with Crippen molar-refractivity contribution in [1.82, 2.24) is 15.3 Å². The van der Waals surface area contributed by atoms with Crippen molar-refractivity contribution in [3.05, 3.63) is 47.3 Å². The molecule has 1 saturated heterocycles. The quantitative estimate of drug-likeness (QED) is 0.908. The molecule has 1 aromatic carbocycles. The topological polar surface area (TPSA) is 50.3 Å². The minimum atomic E-state index is 0.454. The third-order valence-electron chi connectivity index (χ3n) is 5.33. The van der Waals surface area contributed by atoms with Crippen LogP contribution < -0.4 is 15.0 Å². The van der Waals surface area contributed by atoms with E-state index in [1.54, 1.807) is 7.11 Å². The molecule has 0 radical (unpaired) electrons. The van der Waals surface area contributed by atoms with Crippen LogP contribution in [0.5, 0.6) is 5.75 Å². The molecular formula is C20H26N4O. The zero-order valence-corrected chi connectivity index (χ0v) is 14.9. The van der Waals surface area contributed by atoms with Gasteiger partial charge in [-0.1, -0.05) is 6.07 Å². The molecular weight excluding hydrogens is 312 g/mol. The van der Waals surface area contributed by atoms with E-state index in [0.29, 0.717) is 6.04 Å². The molecule has 0 bridgehead atoms. The normalized spacial score (nSPS) is 19.7. The summed E-state index contributed by atoms with van der Waals surface area (Å²) in [6.45, 7) is 2.84. The lowest BCUT2D eigenvalue weighted by Crippen LogP contribution is -2.46. The summed E-state index contributed by atoms with van der Waals surface area (Å²) in [5.74, 6) is 1.86. The molecule has 1 aliphatic carbocycles. The first kappa shape index (κ1) is 16.3. The lowest BCUT2D eigenvalue weighted by atomic mass is 10.0. The number of aromatic nitrogens is 2. The summed E-state index contributed by atoms with van der Waals surface area (Å²) in [6, 6.07) is 6.90. The molecule has 0 spiro atoms. The monoisotopic (exact) mass is 338 g/mol. The third-order valence-corrected chi connectivity index (χ3v) is 5.33.